The molecule has 0 bridgehead atoms. The van der Waals surface area contributed by atoms with Crippen LogP contribution in [0.4, 0.5) is 0 Å². The molecule has 3 heterocycles. The highest BCUT2D eigenvalue weighted by molar-refractivity contribution is 7.99. The van der Waals surface area contributed by atoms with Crippen LogP contribution in [0.15, 0.2) is 61.1 Å². The van der Waals surface area contributed by atoms with Gasteiger partial charge in [-0.1, -0.05) is 18.2 Å². The Bertz CT molecular complexity index is 907. The van der Waals surface area contributed by atoms with Gasteiger partial charge in [-0.3, -0.25) is 9.78 Å². The number of aromatic nitrogens is 3. The van der Waals surface area contributed by atoms with Gasteiger partial charge in [0.25, 0.3) is 0 Å². The molecule has 1 saturated heterocycles. The first-order valence-electron chi connectivity index (χ1n) is 9.42. The number of amides is 1. The third-order valence-corrected chi connectivity index (χ3v) is 5.80. The van der Waals surface area contributed by atoms with E-state index in [-0.39, 0.29) is 11.9 Å². The van der Waals surface area contributed by atoms with Gasteiger partial charge in [0, 0.05) is 66.8 Å². The molecule has 7 heteroatoms. The fourth-order valence-electron chi connectivity index (χ4n) is 3.25. The molecular formula is C21H23N5OS. The summed E-state index contributed by atoms with van der Waals surface area (Å²) in [6, 6.07) is 14.1. The van der Waals surface area contributed by atoms with Crippen molar-refractivity contribution in [3.8, 4) is 16.9 Å². The molecule has 1 fully saturated rings. The number of para-hydroxylation sites is 1. The second-order valence-electron chi connectivity index (χ2n) is 6.73. The van der Waals surface area contributed by atoms with Gasteiger partial charge in [-0.25, -0.2) is 4.68 Å². The average molecular weight is 394 g/mol. The lowest BCUT2D eigenvalue weighted by molar-refractivity contribution is -0.121. The fraction of sp³-hybridized carbons (Fsp3) is 0.286. The highest BCUT2D eigenvalue weighted by atomic mass is 32.2. The summed E-state index contributed by atoms with van der Waals surface area (Å²) in [4.78, 5) is 16.5. The van der Waals surface area contributed by atoms with E-state index >= 15 is 0 Å². The fourth-order valence-corrected chi connectivity index (χ4v) is 4.19. The molecule has 4 rings (SSSR count). The van der Waals surface area contributed by atoms with E-state index in [0.29, 0.717) is 13.0 Å². The Morgan fingerprint density at radius 2 is 2.04 bits per heavy atom. The van der Waals surface area contributed by atoms with Crippen molar-refractivity contribution in [3.05, 3.63) is 66.6 Å². The molecule has 0 saturated carbocycles. The molecule has 1 unspecified atom stereocenters. The minimum absolute atomic E-state index is 0.0631. The lowest BCUT2D eigenvalue weighted by Crippen LogP contribution is -2.41. The summed E-state index contributed by atoms with van der Waals surface area (Å²) in [5.41, 5.74) is 3.81. The topological polar surface area (TPSA) is 71.8 Å². The molecule has 3 aromatic rings. The van der Waals surface area contributed by atoms with Crippen LogP contribution >= 0.6 is 11.8 Å². The summed E-state index contributed by atoms with van der Waals surface area (Å²) in [7, 11) is 0. The smallest absolute Gasteiger partial charge is 0.221 e. The van der Waals surface area contributed by atoms with Gasteiger partial charge in [0.2, 0.25) is 5.91 Å². The third-order valence-electron chi connectivity index (χ3n) is 4.67. The van der Waals surface area contributed by atoms with E-state index in [1.54, 1.807) is 12.4 Å². The number of carbonyl (C=O) groups is 1. The maximum atomic E-state index is 12.4. The molecule has 0 radical (unpaired) electrons. The van der Waals surface area contributed by atoms with Gasteiger partial charge in [-0.05, 0) is 24.3 Å². The second-order valence-corrected chi connectivity index (χ2v) is 7.88. The second kappa shape index (κ2) is 9.03. The molecule has 1 aliphatic rings. The van der Waals surface area contributed by atoms with E-state index in [1.807, 2.05) is 65.1 Å². The summed E-state index contributed by atoms with van der Waals surface area (Å²) in [6.07, 6.45) is 6.00. The van der Waals surface area contributed by atoms with E-state index in [9.17, 15) is 4.79 Å². The predicted octanol–water partition coefficient (Wildman–Crippen LogP) is 2.65. The van der Waals surface area contributed by atoms with E-state index in [4.69, 9.17) is 5.10 Å². The molecule has 0 spiro atoms. The quantitative estimate of drug-likeness (QED) is 0.674. The molecular weight excluding hydrogens is 370 g/mol. The zero-order chi connectivity index (χ0) is 19.2. The van der Waals surface area contributed by atoms with Crippen molar-refractivity contribution in [1.29, 1.82) is 0 Å². The van der Waals surface area contributed by atoms with E-state index in [1.165, 1.54) is 0 Å². The van der Waals surface area contributed by atoms with Crippen molar-refractivity contribution in [2.24, 2.45) is 0 Å². The van der Waals surface area contributed by atoms with Crippen LogP contribution in [0.1, 0.15) is 12.0 Å². The maximum Gasteiger partial charge on any atom is 0.221 e. The first-order valence-corrected chi connectivity index (χ1v) is 10.6. The molecule has 1 amide bonds. The summed E-state index contributed by atoms with van der Waals surface area (Å²) in [5.74, 6) is 2.17. The minimum atomic E-state index is 0.0631. The number of carbonyl (C=O) groups excluding carboxylic acids is 1. The van der Waals surface area contributed by atoms with Gasteiger partial charge < -0.3 is 10.6 Å². The summed E-state index contributed by atoms with van der Waals surface area (Å²) in [5, 5.41) is 11.2. The third kappa shape index (κ3) is 4.61. The minimum Gasteiger partial charge on any atom is -0.352 e. The maximum absolute atomic E-state index is 12.4. The van der Waals surface area contributed by atoms with Gasteiger partial charge in [-0.2, -0.15) is 16.9 Å². The van der Waals surface area contributed by atoms with Crippen molar-refractivity contribution in [1.82, 2.24) is 25.4 Å². The molecule has 6 nitrogen and oxygen atoms in total. The van der Waals surface area contributed by atoms with Crippen LogP contribution in [0.5, 0.6) is 0 Å². The summed E-state index contributed by atoms with van der Waals surface area (Å²) >= 11 is 1.90. The van der Waals surface area contributed by atoms with Crippen LogP contribution in [-0.4, -0.2) is 44.8 Å². The van der Waals surface area contributed by atoms with Crippen molar-refractivity contribution < 1.29 is 4.79 Å². The zero-order valence-electron chi connectivity index (χ0n) is 15.5. The van der Waals surface area contributed by atoms with Gasteiger partial charge in [0.15, 0.2) is 0 Å². The van der Waals surface area contributed by atoms with Crippen LogP contribution in [0.3, 0.4) is 0 Å². The Kier molecular flexibility index (Phi) is 6.04. The van der Waals surface area contributed by atoms with Gasteiger partial charge in [-0.15, -0.1) is 0 Å². The van der Waals surface area contributed by atoms with Crippen molar-refractivity contribution >= 4 is 17.7 Å². The number of nitrogens with one attached hydrogen (secondary N) is 2. The van der Waals surface area contributed by atoms with Crippen LogP contribution in [0, 0.1) is 0 Å². The largest absolute Gasteiger partial charge is 0.352 e. The lowest BCUT2D eigenvalue weighted by atomic mass is 10.1. The molecule has 1 aromatic carbocycles. The lowest BCUT2D eigenvalue weighted by Gasteiger charge is -2.22. The number of thioether (sulfide) groups is 1. The monoisotopic (exact) mass is 393 g/mol. The molecule has 1 aliphatic heterocycles. The first-order chi connectivity index (χ1) is 13.8. The number of nitrogens with zero attached hydrogens (tertiary/aromatic N) is 3. The standard InChI is InChI=1S/C21H23N5OS/c27-20(12-18-15-28-11-10-23-18)24-13-17-14-26(19-4-2-1-3-5-19)25-21(17)16-6-8-22-9-7-16/h1-9,14,18,23H,10-13,15H2,(H,24,27). The molecule has 144 valence electrons. The average Bonchev–Trinajstić information content (AvgIpc) is 3.19. The van der Waals surface area contributed by atoms with Gasteiger partial charge in [0.05, 0.1) is 11.4 Å². The number of pyridine rings is 1. The van der Waals surface area contributed by atoms with Crippen molar-refractivity contribution in [3.63, 3.8) is 0 Å². The van der Waals surface area contributed by atoms with E-state index in [2.05, 4.69) is 15.6 Å². The molecule has 2 N–H and O–H groups in total. The molecule has 0 aliphatic carbocycles. The number of hydrogen-bond acceptors (Lipinski definition) is 5. The van der Waals surface area contributed by atoms with Crippen LogP contribution in [0.2, 0.25) is 0 Å². The number of benzene rings is 1. The normalized spacial score (nSPS) is 16.6. The van der Waals surface area contributed by atoms with Crippen molar-refractivity contribution in [2.45, 2.75) is 19.0 Å². The number of rotatable bonds is 6. The molecule has 2 aromatic heterocycles. The summed E-state index contributed by atoms with van der Waals surface area (Å²) in [6.45, 7) is 1.42. The Labute approximate surface area is 168 Å². The van der Waals surface area contributed by atoms with Gasteiger partial charge >= 0.3 is 0 Å². The first kappa shape index (κ1) is 18.7. The van der Waals surface area contributed by atoms with E-state index < -0.39 is 0 Å². The summed E-state index contributed by atoms with van der Waals surface area (Å²) < 4.78 is 1.86. The van der Waals surface area contributed by atoms with Crippen LogP contribution < -0.4 is 10.6 Å². The van der Waals surface area contributed by atoms with E-state index in [0.717, 1.165) is 40.6 Å². The highest BCUT2D eigenvalue weighted by Crippen LogP contribution is 2.23. The Hall–Kier alpha value is -2.64. The highest BCUT2D eigenvalue weighted by Gasteiger charge is 2.18. The van der Waals surface area contributed by atoms with Crippen LogP contribution in [0.25, 0.3) is 16.9 Å². The Morgan fingerprint density at radius 3 is 2.79 bits per heavy atom. The predicted molar refractivity (Wildman–Crippen MR) is 112 cm³/mol. The van der Waals surface area contributed by atoms with Gasteiger partial charge in [0.1, 0.15) is 0 Å². The van der Waals surface area contributed by atoms with Crippen LogP contribution in [-0.2, 0) is 11.3 Å². The Morgan fingerprint density at radius 1 is 1.21 bits per heavy atom. The van der Waals surface area contributed by atoms with Crippen molar-refractivity contribution in [2.75, 3.05) is 18.1 Å². The molecule has 1 atom stereocenters. The SMILES string of the molecule is O=C(CC1CSCCN1)NCc1cn(-c2ccccc2)nc1-c1ccncc1. The number of hydrogen-bond donors (Lipinski definition) is 2. The zero-order valence-corrected chi connectivity index (χ0v) is 16.4. The Balaban J connectivity index is 1.51. The molecule has 28 heavy (non-hydrogen) atoms.